The van der Waals surface area contributed by atoms with Crippen LogP contribution in [0.4, 0.5) is 0 Å². The van der Waals surface area contributed by atoms with Gasteiger partial charge in [-0.3, -0.25) is 4.79 Å². The van der Waals surface area contributed by atoms with Crippen LogP contribution in [0, 0.1) is 5.92 Å². The van der Waals surface area contributed by atoms with Gasteiger partial charge < -0.3 is 4.74 Å². The van der Waals surface area contributed by atoms with Gasteiger partial charge in [0.1, 0.15) is 5.78 Å². The van der Waals surface area contributed by atoms with E-state index in [4.69, 9.17) is 4.74 Å². The zero-order valence-corrected chi connectivity index (χ0v) is 12.5. The molecule has 1 aromatic rings. The van der Waals surface area contributed by atoms with E-state index in [1.165, 1.54) is 6.42 Å². The first kappa shape index (κ1) is 13.8. The highest BCUT2D eigenvalue weighted by atomic mass is 16.5. The van der Waals surface area contributed by atoms with Crippen molar-refractivity contribution in [3.63, 3.8) is 0 Å². The average Bonchev–Trinajstić information content (AvgIpc) is 2.46. The maximum Gasteiger partial charge on any atom is 0.146 e. The van der Waals surface area contributed by atoms with Crippen LogP contribution >= 0.6 is 0 Å². The molecular weight excluding hydrogens is 248 g/mol. The molecular formula is C18H24O2. The molecule has 2 nitrogen and oxygen atoms in total. The monoisotopic (exact) mass is 272 g/mol. The van der Waals surface area contributed by atoms with Crippen LogP contribution in [0.3, 0.4) is 0 Å². The topological polar surface area (TPSA) is 26.3 Å². The first-order valence-electron chi connectivity index (χ1n) is 7.77. The van der Waals surface area contributed by atoms with E-state index in [0.717, 1.165) is 37.9 Å². The second-order valence-corrected chi connectivity index (χ2v) is 6.93. The molecule has 2 heteroatoms. The third-order valence-electron chi connectivity index (χ3n) is 5.24. The van der Waals surface area contributed by atoms with E-state index in [-0.39, 0.29) is 11.5 Å². The van der Waals surface area contributed by atoms with Gasteiger partial charge in [-0.2, -0.15) is 0 Å². The van der Waals surface area contributed by atoms with Gasteiger partial charge >= 0.3 is 0 Å². The molecule has 0 radical (unpaired) electrons. The van der Waals surface area contributed by atoms with Gasteiger partial charge in [-0.1, -0.05) is 30.3 Å². The highest BCUT2D eigenvalue weighted by Gasteiger charge is 2.46. The number of benzene rings is 1. The van der Waals surface area contributed by atoms with E-state index in [1.807, 2.05) is 18.2 Å². The Bertz CT molecular complexity index is 485. The Kier molecular flexibility index (Phi) is 3.45. The molecule has 108 valence electrons. The lowest BCUT2D eigenvalue weighted by atomic mass is 9.67. The van der Waals surface area contributed by atoms with Gasteiger partial charge in [-0.25, -0.2) is 0 Å². The van der Waals surface area contributed by atoms with E-state index >= 15 is 0 Å². The lowest BCUT2D eigenvalue weighted by molar-refractivity contribution is -0.158. The minimum Gasteiger partial charge on any atom is -0.375 e. The van der Waals surface area contributed by atoms with Gasteiger partial charge in [-0.15, -0.1) is 0 Å². The largest absolute Gasteiger partial charge is 0.375 e. The molecule has 0 aromatic heterocycles. The summed E-state index contributed by atoms with van der Waals surface area (Å²) in [6.07, 6.45) is 5.35. The van der Waals surface area contributed by atoms with E-state index in [2.05, 4.69) is 26.0 Å². The van der Waals surface area contributed by atoms with Crippen LogP contribution < -0.4 is 0 Å². The Morgan fingerprint density at radius 3 is 2.55 bits per heavy atom. The predicted molar refractivity (Wildman–Crippen MR) is 79.7 cm³/mol. The molecule has 0 amide bonds. The zero-order valence-electron chi connectivity index (χ0n) is 12.5. The standard InChI is InChI=1S/C18H24O2/c1-17(2,15-7-4-3-5-8-15)16(19)14-9-12-20-18(13-14)10-6-11-18/h3-5,7-8,14H,6,9-13H2,1-2H3. The fourth-order valence-corrected chi connectivity index (χ4v) is 3.68. The van der Waals surface area contributed by atoms with Crippen LogP contribution in [0.25, 0.3) is 0 Å². The van der Waals surface area contributed by atoms with E-state index < -0.39 is 5.41 Å². The lowest BCUT2D eigenvalue weighted by Gasteiger charge is -2.47. The number of ether oxygens (including phenoxy) is 1. The third kappa shape index (κ3) is 2.31. The fraction of sp³-hybridized carbons (Fsp3) is 0.611. The number of ketones is 1. The van der Waals surface area contributed by atoms with Crippen molar-refractivity contribution >= 4 is 5.78 Å². The maximum absolute atomic E-state index is 13.0. The van der Waals surface area contributed by atoms with Crippen LogP contribution in [-0.2, 0) is 14.9 Å². The molecule has 1 saturated heterocycles. The molecule has 1 saturated carbocycles. The number of rotatable bonds is 3. The summed E-state index contributed by atoms with van der Waals surface area (Å²) in [5.74, 6) is 0.553. The van der Waals surface area contributed by atoms with Gasteiger partial charge in [0.05, 0.1) is 5.60 Å². The third-order valence-corrected chi connectivity index (χ3v) is 5.24. The van der Waals surface area contributed by atoms with Gasteiger partial charge in [-0.05, 0) is 51.5 Å². The summed E-state index contributed by atoms with van der Waals surface area (Å²) in [7, 11) is 0. The lowest BCUT2D eigenvalue weighted by Crippen LogP contribution is -2.49. The smallest absolute Gasteiger partial charge is 0.146 e. The summed E-state index contributed by atoms with van der Waals surface area (Å²) < 4.78 is 5.95. The van der Waals surface area contributed by atoms with Gasteiger partial charge in [0.2, 0.25) is 0 Å². The average molecular weight is 272 g/mol. The number of carbonyl (C=O) groups is 1. The molecule has 1 atom stereocenters. The Morgan fingerprint density at radius 1 is 1.25 bits per heavy atom. The molecule has 2 aliphatic rings. The van der Waals surface area contributed by atoms with Crippen molar-refractivity contribution < 1.29 is 9.53 Å². The van der Waals surface area contributed by atoms with Crippen molar-refractivity contribution in [2.24, 2.45) is 5.92 Å². The Balaban J connectivity index is 1.78. The van der Waals surface area contributed by atoms with Crippen molar-refractivity contribution in [3.8, 4) is 0 Å². The molecule has 3 rings (SSSR count). The first-order chi connectivity index (χ1) is 9.54. The minimum atomic E-state index is -0.395. The van der Waals surface area contributed by atoms with Crippen LogP contribution in [0.1, 0.15) is 51.5 Å². The second-order valence-electron chi connectivity index (χ2n) is 6.93. The summed E-state index contributed by atoms with van der Waals surface area (Å²) in [5, 5.41) is 0. The van der Waals surface area contributed by atoms with Crippen molar-refractivity contribution in [2.45, 2.75) is 57.0 Å². The Hall–Kier alpha value is -1.15. The second kappa shape index (κ2) is 5.00. The van der Waals surface area contributed by atoms with Crippen LogP contribution in [0.5, 0.6) is 0 Å². The van der Waals surface area contributed by atoms with E-state index in [9.17, 15) is 4.79 Å². The van der Waals surface area contributed by atoms with Crippen LogP contribution in [0.15, 0.2) is 30.3 Å². The normalized spacial score (nSPS) is 25.2. The summed E-state index contributed by atoms with van der Waals surface area (Å²) in [4.78, 5) is 13.0. The predicted octanol–water partition coefficient (Wildman–Crippen LogP) is 3.88. The Labute approximate surface area is 121 Å². The SMILES string of the molecule is CC(C)(C(=O)C1CCOC2(CCC2)C1)c1ccccc1. The van der Waals surface area contributed by atoms with E-state index in [0.29, 0.717) is 5.78 Å². The summed E-state index contributed by atoms with van der Waals surface area (Å²) >= 11 is 0. The quantitative estimate of drug-likeness (QED) is 0.834. The zero-order chi connectivity index (χ0) is 14.2. The van der Waals surface area contributed by atoms with Gasteiger partial charge in [0.25, 0.3) is 0 Å². The number of carbonyl (C=O) groups excluding carboxylic acids is 1. The number of Topliss-reactive ketones (excluding diaryl/α,β-unsaturated/α-hetero) is 1. The van der Waals surface area contributed by atoms with Gasteiger partial charge in [0.15, 0.2) is 0 Å². The highest BCUT2D eigenvalue weighted by molar-refractivity contribution is 5.91. The van der Waals surface area contributed by atoms with Crippen molar-refractivity contribution in [2.75, 3.05) is 6.61 Å². The molecule has 0 N–H and O–H groups in total. The van der Waals surface area contributed by atoms with Crippen molar-refractivity contribution in [1.29, 1.82) is 0 Å². The molecule has 1 aromatic carbocycles. The molecule has 1 spiro atoms. The highest BCUT2D eigenvalue weighted by Crippen LogP contribution is 2.46. The summed E-state index contributed by atoms with van der Waals surface area (Å²) in [6.45, 7) is 4.88. The van der Waals surface area contributed by atoms with Crippen molar-refractivity contribution in [3.05, 3.63) is 35.9 Å². The summed E-state index contributed by atoms with van der Waals surface area (Å²) in [5.41, 5.74) is 0.777. The molecule has 1 aliphatic carbocycles. The molecule has 2 fully saturated rings. The number of hydrogen-bond acceptors (Lipinski definition) is 2. The molecule has 20 heavy (non-hydrogen) atoms. The van der Waals surface area contributed by atoms with Crippen LogP contribution in [0.2, 0.25) is 0 Å². The molecule has 1 aliphatic heterocycles. The molecule has 1 unspecified atom stereocenters. The number of hydrogen-bond donors (Lipinski definition) is 0. The van der Waals surface area contributed by atoms with Crippen LogP contribution in [-0.4, -0.2) is 18.0 Å². The van der Waals surface area contributed by atoms with Gasteiger partial charge in [0, 0.05) is 17.9 Å². The van der Waals surface area contributed by atoms with Crippen molar-refractivity contribution in [1.82, 2.24) is 0 Å². The maximum atomic E-state index is 13.0. The first-order valence-corrected chi connectivity index (χ1v) is 7.77. The molecule has 1 heterocycles. The fourth-order valence-electron chi connectivity index (χ4n) is 3.68. The Morgan fingerprint density at radius 2 is 1.95 bits per heavy atom. The summed E-state index contributed by atoms with van der Waals surface area (Å²) in [6, 6.07) is 10.2. The minimum absolute atomic E-state index is 0.0470. The van der Waals surface area contributed by atoms with E-state index in [1.54, 1.807) is 0 Å². The molecule has 0 bridgehead atoms.